The zero-order valence-electron chi connectivity index (χ0n) is 13.1. The van der Waals surface area contributed by atoms with Crippen LogP contribution in [0.1, 0.15) is 24.0 Å². The van der Waals surface area contributed by atoms with Gasteiger partial charge in [-0.2, -0.15) is 0 Å². The Balaban J connectivity index is 1.55. The fraction of sp³-hybridized carbons (Fsp3) is 0.316. The first-order valence-corrected chi connectivity index (χ1v) is 7.89. The average Bonchev–Trinajstić information content (AvgIpc) is 3.26. The van der Waals surface area contributed by atoms with Crippen molar-refractivity contribution in [3.05, 3.63) is 59.7 Å². The molecule has 1 aliphatic heterocycles. The van der Waals surface area contributed by atoms with Crippen LogP contribution in [0.3, 0.4) is 0 Å². The van der Waals surface area contributed by atoms with Gasteiger partial charge in [-0.05, 0) is 36.1 Å². The maximum Gasteiger partial charge on any atom is 0.233 e. The van der Waals surface area contributed by atoms with E-state index in [1.165, 1.54) is 0 Å². The summed E-state index contributed by atoms with van der Waals surface area (Å²) < 4.78 is 10.8. The van der Waals surface area contributed by atoms with Gasteiger partial charge in [-0.15, -0.1) is 0 Å². The van der Waals surface area contributed by atoms with Crippen LogP contribution in [-0.2, 0) is 16.8 Å². The van der Waals surface area contributed by atoms with Gasteiger partial charge in [0.1, 0.15) is 0 Å². The van der Waals surface area contributed by atoms with Crippen LogP contribution in [0.4, 0.5) is 0 Å². The predicted octanol–water partition coefficient (Wildman–Crippen LogP) is 3.11. The van der Waals surface area contributed by atoms with E-state index in [9.17, 15) is 4.79 Å². The lowest BCUT2D eigenvalue weighted by Gasteiger charge is -2.24. The van der Waals surface area contributed by atoms with Crippen LogP contribution in [0, 0.1) is 0 Å². The van der Waals surface area contributed by atoms with E-state index >= 15 is 0 Å². The number of fused-ring (bicyclic) bond motifs is 1. The number of hydrogen-bond donors (Lipinski definition) is 0. The molecule has 4 nitrogen and oxygen atoms in total. The minimum atomic E-state index is -0.384. The Morgan fingerprint density at radius 3 is 2.57 bits per heavy atom. The number of benzene rings is 2. The fourth-order valence-corrected chi connectivity index (χ4v) is 3.24. The summed E-state index contributed by atoms with van der Waals surface area (Å²) in [5.74, 6) is 1.68. The summed E-state index contributed by atoms with van der Waals surface area (Å²) in [7, 11) is 1.88. The van der Waals surface area contributed by atoms with Gasteiger partial charge in [-0.1, -0.05) is 36.4 Å². The molecule has 0 N–H and O–H groups in total. The number of likely N-dealkylation sites (N-methyl/N-ethyl adjacent to an activating group) is 1. The van der Waals surface area contributed by atoms with Crippen molar-refractivity contribution in [1.29, 1.82) is 0 Å². The third-order valence-electron chi connectivity index (χ3n) is 4.69. The number of rotatable bonds is 4. The highest BCUT2D eigenvalue weighted by molar-refractivity contribution is 5.91. The van der Waals surface area contributed by atoms with Crippen molar-refractivity contribution in [3.63, 3.8) is 0 Å². The molecule has 1 fully saturated rings. The number of carbonyl (C=O) groups is 1. The second-order valence-electron chi connectivity index (χ2n) is 6.30. The zero-order valence-corrected chi connectivity index (χ0v) is 13.1. The average molecular weight is 309 g/mol. The van der Waals surface area contributed by atoms with E-state index in [1.807, 2.05) is 60.5 Å². The summed E-state index contributed by atoms with van der Waals surface area (Å²) >= 11 is 0. The zero-order chi connectivity index (χ0) is 15.9. The van der Waals surface area contributed by atoms with Gasteiger partial charge in [-0.3, -0.25) is 4.79 Å². The molecular formula is C19H19NO3. The Kier molecular flexibility index (Phi) is 3.26. The maximum atomic E-state index is 13.0. The summed E-state index contributed by atoms with van der Waals surface area (Å²) in [6.07, 6.45) is 1.79. The smallest absolute Gasteiger partial charge is 0.233 e. The number of ether oxygens (including phenoxy) is 2. The number of hydrogen-bond acceptors (Lipinski definition) is 3. The van der Waals surface area contributed by atoms with Gasteiger partial charge < -0.3 is 14.4 Å². The first kappa shape index (κ1) is 14.1. The van der Waals surface area contributed by atoms with E-state index in [-0.39, 0.29) is 18.1 Å². The molecule has 1 aliphatic carbocycles. The summed E-state index contributed by atoms with van der Waals surface area (Å²) in [5, 5.41) is 0. The van der Waals surface area contributed by atoms with Crippen LogP contribution >= 0.6 is 0 Å². The van der Waals surface area contributed by atoms with Gasteiger partial charge in [0.05, 0.1) is 5.41 Å². The molecule has 0 unspecified atom stereocenters. The van der Waals surface area contributed by atoms with Crippen molar-refractivity contribution < 1.29 is 14.3 Å². The molecule has 0 bridgehead atoms. The highest BCUT2D eigenvalue weighted by Gasteiger charge is 2.52. The van der Waals surface area contributed by atoms with E-state index in [1.54, 1.807) is 0 Å². The molecule has 0 radical (unpaired) electrons. The molecule has 4 heteroatoms. The predicted molar refractivity (Wildman–Crippen MR) is 86.4 cm³/mol. The molecule has 4 rings (SSSR count). The van der Waals surface area contributed by atoms with Crippen LogP contribution in [-0.4, -0.2) is 24.6 Å². The molecule has 0 aromatic heterocycles. The maximum absolute atomic E-state index is 13.0. The Hall–Kier alpha value is -2.49. The van der Waals surface area contributed by atoms with Crippen LogP contribution in [0.15, 0.2) is 48.5 Å². The summed E-state index contributed by atoms with van der Waals surface area (Å²) in [6, 6.07) is 15.9. The van der Waals surface area contributed by atoms with E-state index in [2.05, 4.69) is 0 Å². The van der Waals surface area contributed by atoms with Gasteiger partial charge in [0.15, 0.2) is 11.5 Å². The molecule has 23 heavy (non-hydrogen) atoms. The molecule has 1 amide bonds. The molecule has 0 saturated heterocycles. The van der Waals surface area contributed by atoms with Crippen LogP contribution in [0.2, 0.25) is 0 Å². The lowest BCUT2D eigenvalue weighted by Crippen LogP contribution is -2.36. The minimum absolute atomic E-state index is 0.181. The second kappa shape index (κ2) is 5.30. The van der Waals surface area contributed by atoms with Crippen LogP contribution in [0.25, 0.3) is 0 Å². The molecule has 2 aromatic carbocycles. The largest absolute Gasteiger partial charge is 0.454 e. The Bertz CT molecular complexity index is 738. The Labute approximate surface area is 135 Å². The summed E-state index contributed by atoms with van der Waals surface area (Å²) in [5.41, 5.74) is 1.79. The highest BCUT2D eigenvalue weighted by atomic mass is 16.7. The van der Waals surface area contributed by atoms with Crippen LogP contribution in [0.5, 0.6) is 11.5 Å². The first-order valence-electron chi connectivity index (χ1n) is 7.89. The molecule has 2 aliphatic rings. The standard InChI is InChI=1S/C19H19NO3/c1-20(12-14-5-3-2-4-6-14)18(21)19(9-10-19)15-7-8-16-17(11-15)23-13-22-16/h2-8,11H,9-10,12-13H2,1H3. The third-order valence-corrected chi connectivity index (χ3v) is 4.69. The van der Waals surface area contributed by atoms with Gasteiger partial charge >= 0.3 is 0 Å². The van der Waals surface area contributed by atoms with E-state index in [0.29, 0.717) is 6.54 Å². The Morgan fingerprint density at radius 1 is 1.09 bits per heavy atom. The van der Waals surface area contributed by atoms with Gasteiger partial charge in [0.2, 0.25) is 12.7 Å². The normalized spacial score (nSPS) is 16.9. The topological polar surface area (TPSA) is 38.8 Å². The van der Waals surface area contributed by atoms with Crippen molar-refractivity contribution >= 4 is 5.91 Å². The Morgan fingerprint density at radius 2 is 1.83 bits per heavy atom. The van der Waals surface area contributed by atoms with E-state index in [0.717, 1.165) is 35.5 Å². The monoisotopic (exact) mass is 309 g/mol. The van der Waals surface area contributed by atoms with Crippen molar-refractivity contribution in [1.82, 2.24) is 4.90 Å². The summed E-state index contributed by atoms with van der Waals surface area (Å²) in [6.45, 7) is 0.889. The van der Waals surface area contributed by atoms with E-state index in [4.69, 9.17) is 9.47 Å². The number of amides is 1. The van der Waals surface area contributed by atoms with Crippen molar-refractivity contribution in [2.24, 2.45) is 0 Å². The van der Waals surface area contributed by atoms with Crippen LogP contribution < -0.4 is 9.47 Å². The molecule has 0 spiro atoms. The van der Waals surface area contributed by atoms with E-state index < -0.39 is 0 Å². The van der Waals surface area contributed by atoms with Crippen molar-refractivity contribution in [2.75, 3.05) is 13.8 Å². The number of nitrogens with zero attached hydrogens (tertiary/aromatic N) is 1. The second-order valence-corrected chi connectivity index (χ2v) is 6.30. The van der Waals surface area contributed by atoms with Crippen molar-refractivity contribution in [2.45, 2.75) is 24.8 Å². The lowest BCUT2D eigenvalue weighted by atomic mass is 9.94. The fourth-order valence-electron chi connectivity index (χ4n) is 3.24. The molecule has 118 valence electrons. The highest BCUT2D eigenvalue weighted by Crippen LogP contribution is 2.51. The first-order chi connectivity index (χ1) is 11.2. The van der Waals surface area contributed by atoms with Gasteiger partial charge in [0, 0.05) is 13.6 Å². The SMILES string of the molecule is CN(Cc1ccccc1)C(=O)C1(c2ccc3c(c2)OCO3)CC1. The molecule has 2 aromatic rings. The molecule has 1 heterocycles. The minimum Gasteiger partial charge on any atom is -0.454 e. The van der Waals surface area contributed by atoms with Gasteiger partial charge in [0.25, 0.3) is 0 Å². The summed E-state index contributed by atoms with van der Waals surface area (Å²) in [4.78, 5) is 14.8. The quantitative estimate of drug-likeness (QED) is 0.871. The third kappa shape index (κ3) is 2.44. The van der Waals surface area contributed by atoms with Crippen molar-refractivity contribution in [3.8, 4) is 11.5 Å². The van der Waals surface area contributed by atoms with Gasteiger partial charge in [-0.25, -0.2) is 0 Å². The molecule has 1 saturated carbocycles. The number of carbonyl (C=O) groups excluding carboxylic acids is 1. The molecular weight excluding hydrogens is 290 g/mol. The lowest BCUT2D eigenvalue weighted by molar-refractivity contribution is -0.133. The molecule has 0 atom stereocenters.